The first kappa shape index (κ1) is 11.9. The van der Waals surface area contributed by atoms with Crippen molar-refractivity contribution in [1.82, 2.24) is 14.8 Å². The second-order valence-corrected chi connectivity index (χ2v) is 4.09. The highest BCUT2D eigenvalue weighted by atomic mass is 16.5. The lowest BCUT2D eigenvalue weighted by molar-refractivity contribution is 0.457. The first-order chi connectivity index (χ1) is 8.60. The summed E-state index contributed by atoms with van der Waals surface area (Å²) < 4.78 is 7.28. The number of nitriles is 1. The van der Waals surface area contributed by atoms with Crippen LogP contribution in [0.2, 0.25) is 0 Å². The topological polar surface area (TPSA) is 89.8 Å². The molecule has 0 aliphatic carbocycles. The Morgan fingerprint density at radius 1 is 1.44 bits per heavy atom. The Morgan fingerprint density at radius 2 is 2.22 bits per heavy atom. The van der Waals surface area contributed by atoms with Crippen molar-refractivity contribution >= 4 is 5.69 Å². The van der Waals surface area contributed by atoms with Crippen molar-refractivity contribution in [2.24, 2.45) is 0 Å². The summed E-state index contributed by atoms with van der Waals surface area (Å²) in [5.41, 5.74) is 6.28. The van der Waals surface area contributed by atoms with Crippen molar-refractivity contribution in [1.29, 1.82) is 5.26 Å². The standard InChI is InChI=1S/C12H13N5O/c1-8(2)17-7-11(6-16-17)18-12-9(4-13)3-10(14)5-15-12/h3,5-8H,14H2,1-2H3. The van der Waals surface area contributed by atoms with E-state index in [2.05, 4.69) is 10.1 Å². The molecule has 0 spiro atoms. The monoisotopic (exact) mass is 243 g/mol. The number of nitrogens with two attached hydrogens (primary N) is 1. The molecule has 2 aromatic heterocycles. The predicted molar refractivity (Wildman–Crippen MR) is 66.1 cm³/mol. The van der Waals surface area contributed by atoms with Crippen molar-refractivity contribution < 1.29 is 4.74 Å². The Bertz CT molecular complexity index is 597. The zero-order valence-electron chi connectivity index (χ0n) is 10.2. The lowest BCUT2D eigenvalue weighted by Crippen LogP contribution is -1.99. The van der Waals surface area contributed by atoms with Crippen LogP contribution in [0.3, 0.4) is 0 Å². The maximum Gasteiger partial charge on any atom is 0.237 e. The molecule has 2 aromatic rings. The fraction of sp³-hybridized carbons (Fsp3) is 0.250. The second kappa shape index (κ2) is 4.75. The molecule has 2 N–H and O–H groups in total. The van der Waals surface area contributed by atoms with Crippen molar-refractivity contribution in [3.63, 3.8) is 0 Å². The Balaban J connectivity index is 2.26. The molecule has 0 amide bonds. The van der Waals surface area contributed by atoms with Gasteiger partial charge in [-0.25, -0.2) is 4.98 Å². The normalized spacial score (nSPS) is 10.3. The van der Waals surface area contributed by atoms with Crippen molar-refractivity contribution in [2.75, 3.05) is 5.73 Å². The number of aromatic nitrogens is 3. The lowest BCUT2D eigenvalue weighted by atomic mass is 10.3. The molecular weight excluding hydrogens is 230 g/mol. The van der Waals surface area contributed by atoms with Crippen LogP contribution in [0.5, 0.6) is 11.6 Å². The van der Waals surface area contributed by atoms with Crippen LogP contribution in [-0.4, -0.2) is 14.8 Å². The van der Waals surface area contributed by atoms with E-state index in [1.165, 1.54) is 12.3 Å². The van der Waals surface area contributed by atoms with Crippen LogP contribution in [0.25, 0.3) is 0 Å². The number of hydrogen-bond acceptors (Lipinski definition) is 5. The first-order valence-electron chi connectivity index (χ1n) is 5.48. The minimum atomic E-state index is 0.231. The molecule has 0 aliphatic rings. The van der Waals surface area contributed by atoms with Gasteiger partial charge in [-0.15, -0.1) is 0 Å². The molecular formula is C12H13N5O. The van der Waals surface area contributed by atoms with Gasteiger partial charge in [-0.05, 0) is 19.9 Å². The molecule has 0 saturated carbocycles. The van der Waals surface area contributed by atoms with Gasteiger partial charge in [0.1, 0.15) is 11.6 Å². The van der Waals surface area contributed by atoms with E-state index in [9.17, 15) is 0 Å². The fourth-order valence-corrected chi connectivity index (χ4v) is 1.40. The van der Waals surface area contributed by atoms with Gasteiger partial charge in [0, 0.05) is 6.04 Å². The van der Waals surface area contributed by atoms with E-state index in [4.69, 9.17) is 15.7 Å². The summed E-state index contributed by atoms with van der Waals surface area (Å²) in [5, 5.41) is 13.1. The SMILES string of the molecule is CC(C)n1cc(Oc2ncc(N)cc2C#N)cn1. The first-order valence-corrected chi connectivity index (χ1v) is 5.48. The highest BCUT2D eigenvalue weighted by Gasteiger charge is 2.09. The van der Waals surface area contributed by atoms with E-state index in [0.29, 0.717) is 17.0 Å². The summed E-state index contributed by atoms with van der Waals surface area (Å²) in [7, 11) is 0. The minimum absolute atomic E-state index is 0.231. The molecule has 0 atom stereocenters. The summed E-state index contributed by atoms with van der Waals surface area (Å²) in [6.07, 6.45) is 4.78. The molecule has 0 aromatic carbocycles. The molecule has 2 heterocycles. The van der Waals surface area contributed by atoms with Crippen LogP contribution in [0.4, 0.5) is 5.69 Å². The van der Waals surface area contributed by atoms with Gasteiger partial charge in [0.25, 0.3) is 0 Å². The Kier molecular flexibility index (Phi) is 3.15. The number of hydrogen-bond donors (Lipinski definition) is 1. The summed E-state index contributed by atoms with van der Waals surface area (Å²) in [6.45, 7) is 4.03. The Labute approximate surface area is 105 Å². The average Bonchev–Trinajstić information content (AvgIpc) is 2.80. The fourth-order valence-electron chi connectivity index (χ4n) is 1.40. The van der Waals surface area contributed by atoms with Crippen LogP contribution in [-0.2, 0) is 0 Å². The largest absolute Gasteiger partial charge is 0.434 e. The smallest absolute Gasteiger partial charge is 0.237 e. The number of nitrogen functional groups attached to an aromatic ring is 1. The highest BCUT2D eigenvalue weighted by molar-refractivity contribution is 5.49. The number of pyridine rings is 1. The Hall–Kier alpha value is -2.55. The Morgan fingerprint density at radius 3 is 2.83 bits per heavy atom. The maximum atomic E-state index is 8.97. The minimum Gasteiger partial charge on any atom is -0.434 e. The summed E-state index contributed by atoms with van der Waals surface area (Å²) in [5.74, 6) is 0.771. The zero-order valence-corrected chi connectivity index (χ0v) is 10.2. The quantitative estimate of drug-likeness (QED) is 0.891. The van der Waals surface area contributed by atoms with E-state index in [-0.39, 0.29) is 11.9 Å². The summed E-state index contributed by atoms with van der Waals surface area (Å²) >= 11 is 0. The molecule has 92 valence electrons. The summed E-state index contributed by atoms with van der Waals surface area (Å²) in [4.78, 5) is 3.99. The van der Waals surface area contributed by atoms with Gasteiger partial charge >= 0.3 is 0 Å². The van der Waals surface area contributed by atoms with Gasteiger partial charge in [-0.3, -0.25) is 4.68 Å². The maximum absolute atomic E-state index is 8.97. The molecule has 0 fully saturated rings. The van der Waals surface area contributed by atoms with Crippen LogP contribution >= 0.6 is 0 Å². The van der Waals surface area contributed by atoms with Crippen molar-refractivity contribution in [3.05, 3.63) is 30.2 Å². The van der Waals surface area contributed by atoms with Crippen LogP contribution < -0.4 is 10.5 Å². The predicted octanol–water partition coefficient (Wildman–Crippen LogP) is 2.11. The van der Waals surface area contributed by atoms with Gasteiger partial charge in [-0.2, -0.15) is 10.4 Å². The van der Waals surface area contributed by atoms with E-state index < -0.39 is 0 Å². The van der Waals surface area contributed by atoms with Gasteiger partial charge in [0.05, 0.1) is 24.3 Å². The van der Waals surface area contributed by atoms with E-state index in [1.54, 1.807) is 17.1 Å². The molecule has 6 nitrogen and oxygen atoms in total. The third-order valence-electron chi connectivity index (χ3n) is 2.31. The third-order valence-corrected chi connectivity index (χ3v) is 2.31. The number of ether oxygens (including phenoxy) is 1. The highest BCUT2D eigenvalue weighted by Crippen LogP contribution is 2.24. The number of anilines is 1. The van der Waals surface area contributed by atoms with Crippen LogP contribution in [0, 0.1) is 11.3 Å². The number of nitrogens with zero attached hydrogens (tertiary/aromatic N) is 4. The number of rotatable bonds is 3. The van der Waals surface area contributed by atoms with Crippen LogP contribution in [0.15, 0.2) is 24.7 Å². The molecule has 0 radical (unpaired) electrons. The molecule has 0 bridgehead atoms. The van der Waals surface area contributed by atoms with Gasteiger partial charge in [0.2, 0.25) is 5.88 Å². The molecule has 0 unspecified atom stereocenters. The summed E-state index contributed by atoms with van der Waals surface area (Å²) in [6, 6.07) is 3.76. The van der Waals surface area contributed by atoms with Gasteiger partial charge < -0.3 is 10.5 Å². The molecule has 6 heteroatoms. The van der Waals surface area contributed by atoms with Gasteiger partial charge in [0.15, 0.2) is 5.75 Å². The molecule has 18 heavy (non-hydrogen) atoms. The third kappa shape index (κ3) is 2.40. The zero-order chi connectivity index (χ0) is 13.1. The van der Waals surface area contributed by atoms with Crippen molar-refractivity contribution in [2.45, 2.75) is 19.9 Å². The van der Waals surface area contributed by atoms with E-state index in [1.807, 2.05) is 19.9 Å². The molecule has 2 rings (SSSR count). The van der Waals surface area contributed by atoms with E-state index in [0.717, 1.165) is 0 Å². The van der Waals surface area contributed by atoms with E-state index >= 15 is 0 Å². The second-order valence-electron chi connectivity index (χ2n) is 4.09. The lowest BCUT2D eigenvalue weighted by Gasteiger charge is -2.05. The molecule has 0 aliphatic heterocycles. The van der Waals surface area contributed by atoms with Crippen molar-refractivity contribution in [3.8, 4) is 17.7 Å². The average molecular weight is 243 g/mol. The van der Waals surface area contributed by atoms with Crippen LogP contribution in [0.1, 0.15) is 25.5 Å². The molecule has 0 saturated heterocycles. The van der Waals surface area contributed by atoms with Gasteiger partial charge in [-0.1, -0.05) is 0 Å².